The number of amides is 3. The van der Waals surface area contributed by atoms with E-state index in [0.717, 1.165) is 0 Å². The van der Waals surface area contributed by atoms with Crippen LogP contribution in [0.15, 0.2) is 53.7 Å². The normalized spacial score (nSPS) is 18.1. The topological polar surface area (TPSA) is 101 Å². The molecule has 3 amide bonds. The monoisotopic (exact) mass is 540 g/mol. The Morgan fingerprint density at radius 2 is 1.77 bits per heavy atom. The molecular formula is C28H33FN4O6. The van der Waals surface area contributed by atoms with E-state index in [9.17, 15) is 18.8 Å². The number of carbonyl (C=O) groups excluding carboxylic acids is 3. The van der Waals surface area contributed by atoms with Crippen molar-refractivity contribution in [2.75, 3.05) is 60.6 Å². The van der Waals surface area contributed by atoms with Gasteiger partial charge in [-0.2, -0.15) is 0 Å². The van der Waals surface area contributed by atoms with Gasteiger partial charge in [0.1, 0.15) is 5.82 Å². The number of likely N-dealkylation sites (N-methyl/N-ethyl adjacent to an activating group) is 1. The molecule has 0 bridgehead atoms. The number of hydrogen-bond acceptors (Lipinski definition) is 7. The molecule has 0 unspecified atom stereocenters. The van der Waals surface area contributed by atoms with Gasteiger partial charge in [0.25, 0.3) is 5.91 Å². The maximum absolute atomic E-state index is 13.6. The Balaban J connectivity index is 1.63. The number of ether oxygens (including phenoxy) is 3. The van der Waals surface area contributed by atoms with Crippen molar-refractivity contribution < 1.29 is 33.0 Å². The van der Waals surface area contributed by atoms with Crippen molar-refractivity contribution in [2.24, 2.45) is 0 Å². The number of nitrogens with one attached hydrogen (secondary N) is 1. The van der Waals surface area contributed by atoms with Crippen molar-refractivity contribution in [2.45, 2.75) is 13.0 Å². The maximum Gasteiger partial charge on any atom is 0.338 e. The predicted molar refractivity (Wildman–Crippen MR) is 141 cm³/mol. The molecule has 1 fully saturated rings. The lowest BCUT2D eigenvalue weighted by Gasteiger charge is -2.39. The summed E-state index contributed by atoms with van der Waals surface area (Å²) in [7, 11) is 4.62. The Kier molecular flexibility index (Phi) is 8.70. The largest absolute Gasteiger partial charge is 0.493 e. The zero-order valence-electron chi connectivity index (χ0n) is 22.5. The van der Waals surface area contributed by atoms with Gasteiger partial charge in [0.2, 0.25) is 0 Å². The second-order valence-electron chi connectivity index (χ2n) is 9.18. The average Bonchev–Trinajstić information content (AvgIpc) is 2.94. The molecule has 1 saturated heterocycles. The molecule has 4 rings (SSSR count). The minimum atomic E-state index is -0.830. The zero-order valence-corrected chi connectivity index (χ0v) is 22.5. The second-order valence-corrected chi connectivity index (χ2v) is 9.18. The number of carbonyl (C=O) groups is 3. The molecule has 2 aromatic rings. The average molecular weight is 541 g/mol. The summed E-state index contributed by atoms with van der Waals surface area (Å²) in [6.45, 7) is 4.01. The fourth-order valence-corrected chi connectivity index (χ4v) is 4.90. The summed E-state index contributed by atoms with van der Waals surface area (Å²) in [5.41, 5.74) is 1.65. The van der Waals surface area contributed by atoms with Crippen LogP contribution >= 0.6 is 0 Å². The van der Waals surface area contributed by atoms with Crippen LogP contribution in [0.5, 0.6) is 11.5 Å². The number of halogens is 1. The number of para-hydroxylation sites is 1. The van der Waals surface area contributed by atoms with E-state index in [1.54, 1.807) is 43.1 Å². The predicted octanol–water partition coefficient (Wildman–Crippen LogP) is 2.81. The van der Waals surface area contributed by atoms with Crippen LogP contribution < -0.4 is 14.8 Å². The Morgan fingerprint density at radius 3 is 2.41 bits per heavy atom. The first kappa shape index (κ1) is 27.9. The summed E-state index contributed by atoms with van der Waals surface area (Å²) in [6, 6.07) is 9.69. The molecule has 2 aliphatic rings. The standard InChI is InChI=1S/C28H33FN4O6/c1-5-39-27(35)23-21(17-32-12-14-33(15-13-32)26(34)18-8-6-9-19(29)16-18)31(2)28(36)30-24(23)20-10-7-11-22(37-3)25(20)38-4/h6-11,16,24H,5,12-15,17H2,1-4H3,(H,30,36)/t24-/m1/s1. The molecule has 1 atom stereocenters. The van der Waals surface area contributed by atoms with Crippen LogP contribution in [0.25, 0.3) is 0 Å². The van der Waals surface area contributed by atoms with Gasteiger partial charge in [0, 0.05) is 56.6 Å². The van der Waals surface area contributed by atoms with E-state index in [-0.39, 0.29) is 25.1 Å². The number of rotatable bonds is 8. The van der Waals surface area contributed by atoms with Crippen LogP contribution in [0, 0.1) is 5.82 Å². The van der Waals surface area contributed by atoms with Gasteiger partial charge < -0.3 is 24.4 Å². The van der Waals surface area contributed by atoms with Gasteiger partial charge in [-0.15, -0.1) is 0 Å². The van der Waals surface area contributed by atoms with E-state index >= 15 is 0 Å². The van der Waals surface area contributed by atoms with Gasteiger partial charge in [0.05, 0.1) is 32.4 Å². The van der Waals surface area contributed by atoms with Crippen LogP contribution in [0.2, 0.25) is 0 Å². The molecule has 0 saturated carbocycles. The molecule has 208 valence electrons. The first-order valence-corrected chi connectivity index (χ1v) is 12.7. The van der Waals surface area contributed by atoms with Crippen LogP contribution in [0.3, 0.4) is 0 Å². The molecule has 0 radical (unpaired) electrons. The van der Waals surface area contributed by atoms with Crippen molar-refractivity contribution >= 4 is 17.9 Å². The van der Waals surface area contributed by atoms with E-state index in [1.165, 1.54) is 37.3 Å². The number of nitrogens with zero attached hydrogens (tertiary/aromatic N) is 3. The summed E-state index contributed by atoms with van der Waals surface area (Å²) < 4.78 is 30.1. The van der Waals surface area contributed by atoms with Crippen molar-refractivity contribution in [1.29, 1.82) is 0 Å². The third kappa shape index (κ3) is 5.83. The van der Waals surface area contributed by atoms with E-state index in [1.807, 2.05) is 0 Å². The molecule has 10 nitrogen and oxygen atoms in total. The Hall–Kier alpha value is -4.12. The molecule has 0 aliphatic carbocycles. The number of piperazine rings is 1. The highest BCUT2D eigenvalue weighted by Gasteiger charge is 2.39. The maximum atomic E-state index is 13.6. The highest BCUT2D eigenvalue weighted by molar-refractivity contribution is 5.96. The van der Waals surface area contributed by atoms with E-state index in [0.29, 0.717) is 60.1 Å². The molecule has 2 heterocycles. The number of methoxy groups -OCH3 is 2. The molecule has 39 heavy (non-hydrogen) atoms. The van der Waals surface area contributed by atoms with Gasteiger partial charge >= 0.3 is 12.0 Å². The van der Waals surface area contributed by atoms with Crippen LogP contribution in [0.1, 0.15) is 28.9 Å². The number of esters is 1. The van der Waals surface area contributed by atoms with Crippen LogP contribution in [0.4, 0.5) is 9.18 Å². The number of benzene rings is 2. The third-order valence-electron chi connectivity index (χ3n) is 6.92. The summed E-state index contributed by atoms with van der Waals surface area (Å²) in [5, 5.41) is 2.90. The molecule has 0 aromatic heterocycles. The lowest BCUT2D eigenvalue weighted by molar-refractivity contribution is -0.139. The minimum Gasteiger partial charge on any atom is -0.493 e. The quantitative estimate of drug-likeness (QED) is 0.514. The highest BCUT2D eigenvalue weighted by atomic mass is 19.1. The van der Waals surface area contributed by atoms with Gasteiger partial charge in [-0.25, -0.2) is 14.0 Å². The lowest BCUT2D eigenvalue weighted by atomic mass is 9.93. The molecule has 11 heteroatoms. The van der Waals surface area contributed by atoms with E-state index in [2.05, 4.69) is 10.2 Å². The first-order valence-electron chi connectivity index (χ1n) is 12.7. The number of urea groups is 1. The molecule has 1 N–H and O–H groups in total. The Morgan fingerprint density at radius 1 is 1.05 bits per heavy atom. The fraction of sp³-hybridized carbons (Fsp3) is 0.393. The molecule has 0 spiro atoms. The highest BCUT2D eigenvalue weighted by Crippen LogP contribution is 2.40. The summed E-state index contributed by atoms with van der Waals surface area (Å²) >= 11 is 0. The van der Waals surface area contributed by atoms with E-state index < -0.39 is 17.8 Å². The van der Waals surface area contributed by atoms with Crippen molar-refractivity contribution in [1.82, 2.24) is 20.0 Å². The second kappa shape index (κ2) is 12.2. The van der Waals surface area contributed by atoms with Gasteiger partial charge in [0.15, 0.2) is 11.5 Å². The van der Waals surface area contributed by atoms with Gasteiger partial charge in [-0.1, -0.05) is 18.2 Å². The SMILES string of the molecule is CCOC(=O)C1=C(CN2CCN(C(=O)c3cccc(F)c3)CC2)N(C)C(=O)N[C@@H]1c1cccc(OC)c1OC. The van der Waals surface area contributed by atoms with Crippen LogP contribution in [-0.4, -0.2) is 93.2 Å². The molecular weight excluding hydrogens is 507 g/mol. The van der Waals surface area contributed by atoms with Crippen LogP contribution in [-0.2, 0) is 9.53 Å². The zero-order chi connectivity index (χ0) is 28.1. The van der Waals surface area contributed by atoms with E-state index in [4.69, 9.17) is 14.2 Å². The number of hydrogen-bond donors (Lipinski definition) is 1. The van der Waals surface area contributed by atoms with Gasteiger partial charge in [-0.05, 0) is 31.2 Å². The summed E-state index contributed by atoms with van der Waals surface area (Å²) in [5.74, 6) is -0.375. The fourth-order valence-electron chi connectivity index (χ4n) is 4.90. The smallest absolute Gasteiger partial charge is 0.338 e. The molecule has 2 aliphatic heterocycles. The minimum absolute atomic E-state index is 0.163. The van der Waals surface area contributed by atoms with Crippen molar-refractivity contribution in [3.05, 3.63) is 70.7 Å². The Labute approximate surface area is 226 Å². The van der Waals surface area contributed by atoms with Gasteiger partial charge in [-0.3, -0.25) is 14.6 Å². The molecule has 2 aromatic carbocycles. The summed E-state index contributed by atoms with van der Waals surface area (Å²) in [4.78, 5) is 44.4. The Bertz CT molecular complexity index is 1270. The summed E-state index contributed by atoms with van der Waals surface area (Å²) in [6.07, 6.45) is 0. The van der Waals surface area contributed by atoms with Crippen molar-refractivity contribution in [3.63, 3.8) is 0 Å². The first-order chi connectivity index (χ1) is 18.8. The third-order valence-corrected chi connectivity index (χ3v) is 6.92. The lowest BCUT2D eigenvalue weighted by Crippen LogP contribution is -2.53. The van der Waals surface area contributed by atoms with Crippen molar-refractivity contribution in [3.8, 4) is 11.5 Å².